The van der Waals surface area contributed by atoms with Crippen molar-refractivity contribution in [1.29, 1.82) is 0 Å². The lowest BCUT2D eigenvalue weighted by molar-refractivity contribution is 0.0189. The van der Waals surface area contributed by atoms with Crippen molar-refractivity contribution in [1.82, 2.24) is 9.55 Å². The highest BCUT2D eigenvalue weighted by atomic mass is 79.9. The summed E-state index contributed by atoms with van der Waals surface area (Å²) in [7, 11) is 0. The van der Waals surface area contributed by atoms with E-state index in [1.807, 2.05) is 30.3 Å². The maximum atomic E-state index is 13.6. The summed E-state index contributed by atoms with van der Waals surface area (Å²) >= 11 is 4.79. The zero-order valence-corrected chi connectivity index (χ0v) is 18.2. The number of ether oxygens (including phenoxy) is 1. The van der Waals surface area contributed by atoms with Crippen molar-refractivity contribution in [3.63, 3.8) is 0 Å². The number of halogens is 2. The lowest BCUT2D eigenvalue weighted by atomic mass is 10.2. The number of aliphatic hydroxyl groups excluding tert-OH is 1. The van der Waals surface area contributed by atoms with Crippen molar-refractivity contribution >= 4 is 37.5 Å². The van der Waals surface area contributed by atoms with Gasteiger partial charge in [-0.05, 0) is 29.8 Å². The molecule has 4 rings (SSSR count). The Morgan fingerprint density at radius 1 is 1.20 bits per heavy atom. The van der Waals surface area contributed by atoms with Gasteiger partial charge in [0.1, 0.15) is 10.5 Å². The van der Waals surface area contributed by atoms with Gasteiger partial charge >= 0.3 is 0 Å². The smallest absolute Gasteiger partial charge is 0.271 e. The Morgan fingerprint density at radius 2 is 1.97 bits per heavy atom. The molecule has 0 saturated carbocycles. The van der Waals surface area contributed by atoms with E-state index < -0.39 is 6.10 Å². The van der Waals surface area contributed by atoms with E-state index in [1.165, 1.54) is 28.3 Å². The average molecular weight is 489 g/mol. The third-order valence-electron chi connectivity index (χ3n) is 4.57. The molecule has 8 heteroatoms. The van der Waals surface area contributed by atoms with Crippen LogP contribution in [0.2, 0.25) is 0 Å². The van der Waals surface area contributed by atoms with E-state index in [-0.39, 0.29) is 31.1 Å². The van der Waals surface area contributed by atoms with Gasteiger partial charge in [0, 0.05) is 14.9 Å². The number of hydrogen-bond donors (Lipinski definition) is 1. The molecular weight excluding hydrogens is 471 g/mol. The topological polar surface area (TPSA) is 64.4 Å². The summed E-state index contributed by atoms with van der Waals surface area (Å²) in [6, 6.07) is 16.1. The van der Waals surface area contributed by atoms with Gasteiger partial charge in [-0.2, -0.15) is 0 Å². The van der Waals surface area contributed by atoms with E-state index in [9.17, 15) is 14.3 Å². The molecule has 0 amide bonds. The zero-order valence-electron chi connectivity index (χ0n) is 15.8. The zero-order chi connectivity index (χ0) is 21.1. The summed E-state index contributed by atoms with van der Waals surface area (Å²) in [6.45, 7) is 0.0787. The third-order valence-corrected chi connectivity index (χ3v) is 6.26. The minimum absolute atomic E-state index is 0.0204. The molecule has 2 heterocycles. The molecule has 0 fully saturated rings. The first-order valence-electron chi connectivity index (χ1n) is 9.25. The molecule has 4 aromatic rings. The predicted octanol–water partition coefficient (Wildman–Crippen LogP) is 4.60. The monoisotopic (exact) mass is 488 g/mol. The van der Waals surface area contributed by atoms with Crippen LogP contribution in [0.15, 0.2) is 70.2 Å². The molecule has 0 radical (unpaired) electrons. The molecule has 0 aliphatic rings. The van der Waals surface area contributed by atoms with Gasteiger partial charge < -0.3 is 9.84 Å². The van der Waals surface area contributed by atoms with Crippen molar-refractivity contribution in [2.45, 2.75) is 19.3 Å². The van der Waals surface area contributed by atoms with Crippen LogP contribution in [0.25, 0.3) is 20.7 Å². The summed E-state index contributed by atoms with van der Waals surface area (Å²) in [5, 5.41) is 10.2. The normalized spacial score (nSPS) is 12.4. The highest BCUT2D eigenvalue weighted by Crippen LogP contribution is 2.31. The lowest BCUT2D eigenvalue weighted by Crippen LogP contribution is -2.29. The second-order valence-corrected chi connectivity index (χ2v) is 8.76. The number of rotatable bonds is 7. The van der Waals surface area contributed by atoms with Crippen molar-refractivity contribution in [3.8, 4) is 10.4 Å². The fourth-order valence-corrected chi connectivity index (χ4v) is 4.36. The first-order valence-corrected chi connectivity index (χ1v) is 10.9. The number of nitrogens with zero attached hydrogens (tertiary/aromatic N) is 2. The van der Waals surface area contributed by atoms with Crippen LogP contribution in [-0.4, -0.2) is 27.4 Å². The maximum absolute atomic E-state index is 13.6. The number of aromatic nitrogens is 2. The number of benzene rings is 2. The first kappa shape index (κ1) is 20.9. The van der Waals surface area contributed by atoms with Crippen LogP contribution in [0, 0.1) is 5.82 Å². The summed E-state index contributed by atoms with van der Waals surface area (Å²) in [6.07, 6.45) is 0.516. The van der Waals surface area contributed by atoms with Crippen LogP contribution in [-0.2, 0) is 17.9 Å². The van der Waals surface area contributed by atoms with E-state index in [0.717, 1.165) is 14.9 Å². The first-order chi connectivity index (χ1) is 14.5. The SMILES string of the molecule is O=c1c2sc(-c3ccc(Br)cc3)cc2ncn1CC(O)COCc1ccccc1F. The van der Waals surface area contributed by atoms with E-state index in [2.05, 4.69) is 20.9 Å². The van der Waals surface area contributed by atoms with Gasteiger partial charge in [0.25, 0.3) is 5.56 Å². The molecule has 30 heavy (non-hydrogen) atoms. The lowest BCUT2D eigenvalue weighted by Gasteiger charge is -2.13. The average Bonchev–Trinajstić information content (AvgIpc) is 3.17. The molecule has 1 N–H and O–H groups in total. The quantitative estimate of drug-likeness (QED) is 0.412. The standard InChI is InChI=1S/C22H18BrFN2O3S/c23-16-7-5-14(6-8-16)20-9-19-21(30-20)22(28)26(13-25-19)10-17(27)12-29-11-15-3-1-2-4-18(15)24/h1-9,13,17,27H,10-12H2. The molecule has 154 valence electrons. The summed E-state index contributed by atoms with van der Waals surface area (Å²) in [5.41, 5.74) is 1.85. The van der Waals surface area contributed by atoms with E-state index in [1.54, 1.807) is 18.2 Å². The fourth-order valence-electron chi connectivity index (χ4n) is 3.03. The van der Waals surface area contributed by atoms with Gasteiger partial charge in [0.2, 0.25) is 0 Å². The van der Waals surface area contributed by atoms with Crippen molar-refractivity contribution < 1.29 is 14.2 Å². The molecule has 0 aliphatic carbocycles. The Bertz CT molecular complexity index is 1220. The van der Waals surface area contributed by atoms with Crippen molar-refractivity contribution in [2.24, 2.45) is 0 Å². The largest absolute Gasteiger partial charge is 0.389 e. The Balaban J connectivity index is 1.45. The van der Waals surface area contributed by atoms with Crippen LogP contribution in [0.4, 0.5) is 4.39 Å². The van der Waals surface area contributed by atoms with E-state index >= 15 is 0 Å². The Kier molecular flexibility index (Phi) is 6.38. The number of hydrogen-bond acceptors (Lipinski definition) is 5. The Hall–Kier alpha value is -2.39. The minimum atomic E-state index is -0.917. The van der Waals surface area contributed by atoms with Crippen LogP contribution in [0.1, 0.15) is 5.56 Å². The van der Waals surface area contributed by atoms with Gasteiger partial charge in [-0.15, -0.1) is 11.3 Å². The van der Waals surface area contributed by atoms with Crippen LogP contribution >= 0.6 is 27.3 Å². The molecule has 1 unspecified atom stereocenters. The van der Waals surface area contributed by atoms with E-state index in [0.29, 0.717) is 15.8 Å². The molecular formula is C22H18BrFN2O3S. The van der Waals surface area contributed by atoms with E-state index in [4.69, 9.17) is 4.74 Å². The molecule has 0 aliphatic heterocycles. The van der Waals surface area contributed by atoms with Gasteiger partial charge in [0.15, 0.2) is 0 Å². The summed E-state index contributed by atoms with van der Waals surface area (Å²) in [4.78, 5) is 18.1. The van der Waals surface area contributed by atoms with Crippen molar-refractivity contribution in [3.05, 3.63) is 87.1 Å². The highest BCUT2D eigenvalue weighted by Gasteiger charge is 2.13. The predicted molar refractivity (Wildman–Crippen MR) is 119 cm³/mol. The molecule has 2 aromatic heterocycles. The molecule has 0 saturated heterocycles. The van der Waals surface area contributed by atoms with Gasteiger partial charge in [-0.1, -0.05) is 46.3 Å². The third kappa shape index (κ3) is 4.67. The maximum Gasteiger partial charge on any atom is 0.271 e. The van der Waals surface area contributed by atoms with Crippen LogP contribution in [0.5, 0.6) is 0 Å². The van der Waals surface area contributed by atoms with Crippen molar-refractivity contribution in [2.75, 3.05) is 6.61 Å². The molecule has 2 aromatic carbocycles. The van der Waals surface area contributed by atoms with Crippen LogP contribution in [0.3, 0.4) is 0 Å². The molecule has 0 bridgehead atoms. The molecule has 1 atom stereocenters. The Labute approximate surface area is 184 Å². The van der Waals surface area contributed by atoms with Crippen LogP contribution < -0.4 is 5.56 Å². The summed E-state index contributed by atoms with van der Waals surface area (Å²) in [5.74, 6) is -0.350. The second kappa shape index (κ2) is 9.18. The Morgan fingerprint density at radius 3 is 2.73 bits per heavy atom. The van der Waals surface area contributed by atoms with Gasteiger partial charge in [-0.25, -0.2) is 9.37 Å². The fraction of sp³-hybridized carbons (Fsp3) is 0.182. The summed E-state index contributed by atoms with van der Waals surface area (Å²) < 4.78 is 21.9. The van der Waals surface area contributed by atoms with Gasteiger partial charge in [0.05, 0.1) is 37.7 Å². The molecule has 5 nitrogen and oxygen atoms in total. The minimum Gasteiger partial charge on any atom is -0.389 e. The van der Waals surface area contributed by atoms with Gasteiger partial charge in [-0.3, -0.25) is 9.36 Å². The highest BCUT2D eigenvalue weighted by molar-refractivity contribution is 9.10. The number of fused-ring (bicyclic) bond motifs is 1. The molecule has 0 spiro atoms. The number of aliphatic hydroxyl groups is 1. The number of thiophene rings is 1. The second-order valence-electron chi connectivity index (χ2n) is 6.79.